The second-order valence-corrected chi connectivity index (χ2v) is 6.50. The maximum atomic E-state index is 12.4. The quantitative estimate of drug-likeness (QED) is 0.779. The van der Waals surface area contributed by atoms with Crippen LogP contribution in [0.15, 0.2) is 0 Å². The van der Waals surface area contributed by atoms with Crippen LogP contribution in [0.4, 0.5) is 0 Å². The number of fused-ring (bicyclic) bond motifs is 1. The molecule has 1 saturated heterocycles. The minimum atomic E-state index is 0.0438. The van der Waals surface area contributed by atoms with Gasteiger partial charge in [-0.25, -0.2) is 0 Å². The van der Waals surface area contributed by atoms with Crippen LogP contribution in [-0.2, 0) is 4.79 Å². The number of likely N-dealkylation sites (N-methyl/N-ethyl adjacent to an activating group) is 1. The van der Waals surface area contributed by atoms with Gasteiger partial charge in [0.2, 0.25) is 5.91 Å². The second-order valence-electron chi connectivity index (χ2n) is 6.50. The number of rotatable bonds is 6. The van der Waals surface area contributed by atoms with E-state index < -0.39 is 0 Å². The van der Waals surface area contributed by atoms with Crippen molar-refractivity contribution in [3.05, 3.63) is 0 Å². The van der Waals surface area contributed by atoms with Gasteiger partial charge in [-0.2, -0.15) is 0 Å². The van der Waals surface area contributed by atoms with Gasteiger partial charge >= 0.3 is 0 Å². The molecule has 1 saturated carbocycles. The van der Waals surface area contributed by atoms with Crippen molar-refractivity contribution in [3.8, 4) is 0 Å². The van der Waals surface area contributed by atoms with Gasteiger partial charge in [-0.15, -0.1) is 0 Å². The van der Waals surface area contributed by atoms with E-state index in [-0.39, 0.29) is 18.0 Å². The molecule has 0 spiro atoms. The van der Waals surface area contributed by atoms with Crippen LogP contribution in [0, 0.1) is 5.92 Å². The maximum Gasteiger partial charge on any atom is 0.237 e. The topological polar surface area (TPSA) is 44.4 Å². The third-order valence-corrected chi connectivity index (χ3v) is 4.99. The second kappa shape index (κ2) is 7.41. The first-order valence-corrected chi connectivity index (χ1v) is 8.42. The fraction of sp³-hybridized carbons (Fsp3) is 0.938. The summed E-state index contributed by atoms with van der Waals surface area (Å²) in [6.07, 6.45) is 6.25. The molecule has 20 heavy (non-hydrogen) atoms. The first-order valence-electron chi connectivity index (χ1n) is 8.42. The van der Waals surface area contributed by atoms with Crippen molar-refractivity contribution in [2.45, 2.75) is 71.0 Å². The van der Waals surface area contributed by atoms with Gasteiger partial charge in [-0.1, -0.05) is 26.7 Å². The highest BCUT2D eigenvalue weighted by molar-refractivity contribution is 5.82. The Bertz CT molecular complexity index is 303. The van der Waals surface area contributed by atoms with Crippen molar-refractivity contribution in [3.63, 3.8) is 0 Å². The smallest absolute Gasteiger partial charge is 0.237 e. The molecule has 4 atom stereocenters. The lowest BCUT2D eigenvalue weighted by Gasteiger charge is -2.25. The molecular weight excluding hydrogens is 250 g/mol. The standard InChI is InChI=1S/C16H31N3O/c1-4-19(5-2)11-12(3)17-16(20)15-10-13-8-6-7-9-14(13)18-15/h12-15,18H,4-11H2,1-3H3,(H,17,20). The van der Waals surface area contributed by atoms with E-state index in [4.69, 9.17) is 0 Å². The molecule has 116 valence electrons. The Labute approximate surface area is 123 Å². The number of hydrogen-bond donors (Lipinski definition) is 2. The Kier molecular flexibility index (Phi) is 5.85. The van der Waals surface area contributed by atoms with Crippen LogP contribution >= 0.6 is 0 Å². The van der Waals surface area contributed by atoms with E-state index >= 15 is 0 Å². The molecule has 0 aromatic rings. The maximum absolute atomic E-state index is 12.4. The van der Waals surface area contributed by atoms with Gasteiger partial charge in [-0.3, -0.25) is 4.79 Å². The lowest BCUT2D eigenvalue weighted by Crippen LogP contribution is -2.49. The van der Waals surface area contributed by atoms with Crippen molar-refractivity contribution in [1.29, 1.82) is 0 Å². The zero-order valence-electron chi connectivity index (χ0n) is 13.3. The highest BCUT2D eigenvalue weighted by Gasteiger charge is 2.38. The summed E-state index contributed by atoms with van der Waals surface area (Å²) in [7, 11) is 0. The van der Waals surface area contributed by atoms with Gasteiger partial charge < -0.3 is 15.5 Å². The van der Waals surface area contributed by atoms with Gasteiger partial charge in [0.05, 0.1) is 6.04 Å². The fourth-order valence-electron chi connectivity index (χ4n) is 3.78. The molecule has 2 fully saturated rings. The summed E-state index contributed by atoms with van der Waals surface area (Å²) in [6.45, 7) is 9.48. The molecule has 1 amide bonds. The normalized spacial score (nSPS) is 31.1. The summed E-state index contributed by atoms with van der Waals surface area (Å²) in [5.74, 6) is 0.941. The monoisotopic (exact) mass is 281 g/mol. The zero-order chi connectivity index (χ0) is 14.5. The zero-order valence-corrected chi connectivity index (χ0v) is 13.3. The molecule has 0 bridgehead atoms. The van der Waals surface area contributed by atoms with Crippen molar-refractivity contribution in [1.82, 2.24) is 15.5 Å². The number of carbonyl (C=O) groups excluding carboxylic acids is 1. The molecule has 0 radical (unpaired) electrons. The predicted octanol–water partition coefficient (Wildman–Crippen LogP) is 1.75. The molecule has 4 unspecified atom stereocenters. The van der Waals surface area contributed by atoms with Gasteiger partial charge in [0.15, 0.2) is 0 Å². The summed E-state index contributed by atoms with van der Waals surface area (Å²) in [6, 6.07) is 0.867. The highest BCUT2D eigenvalue weighted by Crippen LogP contribution is 2.33. The molecule has 2 aliphatic rings. The predicted molar refractivity (Wildman–Crippen MR) is 82.7 cm³/mol. The van der Waals surface area contributed by atoms with Crippen LogP contribution in [0.3, 0.4) is 0 Å². The summed E-state index contributed by atoms with van der Waals surface area (Å²) in [5, 5.41) is 6.74. The average molecular weight is 281 g/mol. The Hall–Kier alpha value is -0.610. The van der Waals surface area contributed by atoms with Crippen molar-refractivity contribution >= 4 is 5.91 Å². The minimum absolute atomic E-state index is 0.0438. The molecule has 1 aliphatic carbocycles. The molecule has 4 nitrogen and oxygen atoms in total. The number of nitrogens with zero attached hydrogens (tertiary/aromatic N) is 1. The van der Waals surface area contributed by atoms with Gasteiger partial charge in [0.1, 0.15) is 0 Å². The van der Waals surface area contributed by atoms with Gasteiger partial charge in [0.25, 0.3) is 0 Å². The average Bonchev–Trinajstić information content (AvgIpc) is 2.88. The Morgan fingerprint density at radius 3 is 2.65 bits per heavy atom. The fourth-order valence-corrected chi connectivity index (χ4v) is 3.78. The molecule has 2 N–H and O–H groups in total. The molecular formula is C16H31N3O. The third kappa shape index (κ3) is 3.95. The van der Waals surface area contributed by atoms with Gasteiger partial charge in [-0.05, 0) is 45.2 Å². The van der Waals surface area contributed by atoms with Crippen LogP contribution in [0.5, 0.6) is 0 Å². The largest absolute Gasteiger partial charge is 0.351 e. The highest BCUT2D eigenvalue weighted by atomic mass is 16.2. The number of amides is 1. The first kappa shape index (κ1) is 15.8. The molecule has 4 heteroatoms. The van der Waals surface area contributed by atoms with Crippen molar-refractivity contribution in [2.24, 2.45) is 5.92 Å². The van der Waals surface area contributed by atoms with E-state index in [2.05, 4.69) is 36.3 Å². The first-order chi connectivity index (χ1) is 9.63. The Morgan fingerprint density at radius 2 is 2.00 bits per heavy atom. The number of hydrogen-bond acceptors (Lipinski definition) is 3. The van der Waals surface area contributed by atoms with Crippen LogP contribution in [0.25, 0.3) is 0 Å². The molecule has 0 aromatic heterocycles. The molecule has 1 heterocycles. The van der Waals surface area contributed by atoms with E-state index in [1.165, 1.54) is 25.7 Å². The Balaban J connectivity index is 1.77. The van der Waals surface area contributed by atoms with E-state index in [0.29, 0.717) is 6.04 Å². The van der Waals surface area contributed by atoms with E-state index in [1.54, 1.807) is 0 Å². The minimum Gasteiger partial charge on any atom is -0.351 e. The summed E-state index contributed by atoms with van der Waals surface area (Å²) < 4.78 is 0. The van der Waals surface area contributed by atoms with Crippen molar-refractivity contribution in [2.75, 3.05) is 19.6 Å². The van der Waals surface area contributed by atoms with E-state index in [9.17, 15) is 4.79 Å². The van der Waals surface area contributed by atoms with E-state index in [1.807, 2.05) is 0 Å². The lowest BCUT2D eigenvalue weighted by atomic mass is 9.85. The molecule has 0 aromatic carbocycles. The summed E-state index contributed by atoms with van der Waals surface area (Å²) in [5.41, 5.74) is 0. The van der Waals surface area contributed by atoms with Crippen LogP contribution in [0.1, 0.15) is 52.9 Å². The lowest BCUT2D eigenvalue weighted by molar-refractivity contribution is -0.123. The van der Waals surface area contributed by atoms with Crippen LogP contribution < -0.4 is 10.6 Å². The van der Waals surface area contributed by atoms with Gasteiger partial charge in [0, 0.05) is 18.6 Å². The molecule has 1 aliphatic heterocycles. The molecule has 2 rings (SSSR count). The SMILES string of the molecule is CCN(CC)CC(C)NC(=O)C1CC2CCCCC2N1. The number of nitrogens with one attached hydrogen (secondary N) is 2. The summed E-state index contributed by atoms with van der Waals surface area (Å²) >= 11 is 0. The van der Waals surface area contributed by atoms with E-state index in [0.717, 1.165) is 32.0 Å². The van der Waals surface area contributed by atoms with Crippen LogP contribution in [-0.4, -0.2) is 48.6 Å². The van der Waals surface area contributed by atoms with Crippen LogP contribution in [0.2, 0.25) is 0 Å². The van der Waals surface area contributed by atoms with Crippen molar-refractivity contribution < 1.29 is 4.79 Å². The number of carbonyl (C=O) groups is 1. The third-order valence-electron chi connectivity index (χ3n) is 4.99. The summed E-state index contributed by atoms with van der Waals surface area (Å²) in [4.78, 5) is 14.7. The Morgan fingerprint density at radius 1 is 1.30 bits per heavy atom.